The van der Waals surface area contributed by atoms with E-state index in [-0.39, 0.29) is 17.0 Å². The molecule has 1 saturated heterocycles. The standard InChI is InChI=1S/C15H22N3O3PS2/c1-5-12-11(21-22(4)20-7-6-16-3)8-13(24-12)18-9-10(2)14(19)17-15(18)23/h9,11-13H,5-8H2,1-2,4H3,(H,17,19,23)/t11?,12-,13-,22?/m1/s1. The van der Waals surface area contributed by atoms with Crippen molar-refractivity contribution in [3.05, 3.63) is 38.3 Å². The normalized spacial score (nSPS) is 24.7. The summed E-state index contributed by atoms with van der Waals surface area (Å²) in [6.45, 7) is 13.4. The van der Waals surface area contributed by atoms with Gasteiger partial charge in [0, 0.05) is 30.1 Å². The fourth-order valence-electron chi connectivity index (χ4n) is 2.58. The smallest absolute Gasteiger partial charge is 0.254 e. The summed E-state index contributed by atoms with van der Waals surface area (Å²) in [5.41, 5.74) is 0.520. The molecule has 1 N–H and O–H groups in total. The number of nitrogens with zero attached hydrogens (tertiary/aromatic N) is 2. The maximum atomic E-state index is 11.7. The molecule has 1 aromatic heterocycles. The zero-order chi connectivity index (χ0) is 17.7. The van der Waals surface area contributed by atoms with Gasteiger partial charge >= 0.3 is 0 Å². The van der Waals surface area contributed by atoms with E-state index in [1.54, 1.807) is 6.92 Å². The van der Waals surface area contributed by atoms with E-state index in [4.69, 9.17) is 27.8 Å². The van der Waals surface area contributed by atoms with Gasteiger partial charge in [-0.15, -0.1) is 11.8 Å². The Kier molecular flexibility index (Phi) is 7.45. The van der Waals surface area contributed by atoms with Gasteiger partial charge in [-0.25, -0.2) is 6.57 Å². The highest BCUT2D eigenvalue weighted by atomic mass is 32.2. The molecule has 6 nitrogen and oxygen atoms in total. The molecule has 1 aliphatic rings. The van der Waals surface area contributed by atoms with Crippen LogP contribution < -0.4 is 5.56 Å². The minimum absolute atomic E-state index is 0.0863. The summed E-state index contributed by atoms with van der Waals surface area (Å²) in [4.78, 5) is 17.7. The second-order valence-electron chi connectivity index (χ2n) is 5.55. The minimum atomic E-state index is -0.992. The monoisotopic (exact) mass is 387 g/mol. The lowest BCUT2D eigenvalue weighted by Crippen LogP contribution is -2.20. The lowest BCUT2D eigenvalue weighted by Gasteiger charge is -2.21. The van der Waals surface area contributed by atoms with E-state index < -0.39 is 8.38 Å². The Morgan fingerprint density at radius 1 is 1.62 bits per heavy atom. The first kappa shape index (κ1) is 19.6. The van der Waals surface area contributed by atoms with Crippen LogP contribution in [-0.4, -0.2) is 40.7 Å². The number of nitrogens with one attached hydrogen (secondary N) is 1. The van der Waals surface area contributed by atoms with E-state index in [2.05, 4.69) is 16.8 Å². The second-order valence-corrected chi connectivity index (χ2v) is 8.71. The number of thioether (sulfide) groups is 1. The summed E-state index contributed by atoms with van der Waals surface area (Å²) >= 11 is 7.14. The van der Waals surface area contributed by atoms with E-state index in [1.807, 2.05) is 29.2 Å². The Morgan fingerprint density at radius 3 is 3.04 bits per heavy atom. The molecule has 1 aliphatic heterocycles. The maximum Gasteiger partial charge on any atom is 0.254 e. The van der Waals surface area contributed by atoms with Crippen LogP contribution in [0.5, 0.6) is 0 Å². The average molecular weight is 387 g/mol. The van der Waals surface area contributed by atoms with Gasteiger partial charge in [-0.1, -0.05) is 6.92 Å². The summed E-state index contributed by atoms with van der Waals surface area (Å²) in [5, 5.41) is 0.508. The first-order chi connectivity index (χ1) is 11.5. The van der Waals surface area contributed by atoms with Gasteiger partial charge in [0.05, 0.1) is 11.5 Å². The number of aryl methyl sites for hydroxylation is 1. The minimum Gasteiger partial charge on any atom is -0.330 e. The molecular weight excluding hydrogens is 365 g/mol. The third-order valence-electron chi connectivity index (χ3n) is 3.80. The predicted octanol–water partition coefficient (Wildman–Crippen LogP) is 3.89. The Balaban J connectivity index is 2.06. The molecule has 132 valence electrons. The van der Waals surface area contributed by atoms with Crippen molar-refractivity contribution in [3.63, 3.8) is 0 Å². The van der Waals surface area contributed by atoms with Crippen LogP contribution in [0.4, 0.5) is 0 Å². The molecule has 1 aromatic rings. The number of hydrogen-bond donors (Lipinski definition) is 1. The first-order valence-corrected chi connectivity index (χ1v) is 10.8. The van der Waals surface area contributed by atoms with Crippen LogP contribution in [-0.2, 0) is 9.05 Å². The van der Waals surface area contributed by atoms with E-state index >= 15 is 0 Å². The van der Waals surface area contributed by atoms with Crippen LogP contribution in [0.3, 0.4) is 0 Å². The second kappa shape index (κ2) is 9.12. The molecular formula is C15H22N3O3PS2. The molecule has 0 aromatic carbocycles. The van der Waals surface area contributed by atoms with Gasteiger partial charge in [-0.05, 0) is 25.6 Å². The zero-order valence-corrected chi connectivity index (χ0v) is 16.5. The van der Waals surface area contributed by atoms with Crippen molar-refractivity contribution in [1.82, 2.24) is 9.55 Å². The van der Waals surface area contributed by atoms with E-state index in [0.717, 1.165) is 12.8 Å². The Bertz CT molecular complexity index is 715. The molecule has 0 radical (unpaired) electrons. The van der Waals surface area contributed by atoms with Crippen molar-refractivity contribution >= 4 is 32.4 Å². The van der Waals surface area contributed by atoms with Crippen LogP contribution in [0.25, 0.3) is 4.85 Å². The van der Waals surface area contributed by atoms with E-state index in [9.17, 15) is 4.79 Å². The fraction of sp³-hybridized carbons (Fsp3) is 0.667. The number of hydrogen-bond acceptors (Lipinski definition) is 5. The fourth-order valence-corrected chi connectivity index (χ4v) is 5.55. The third kappa shape index (κ3) is 4.90. The van der Waals surface area contributed by atoms with Crippen molar-refractivity contribution in [2.24, 2.45) is 0 Å². The lowest BCUT2D eigenvalue weighted by molar-refractivity contribution is 0.174. The van der Waals surface area contributed by atoms with Gasteiger partial charge in [0.1, 0.15) is 6.61 Å². The van der Waals surface area contributed by atoms with Crippen molar-refractivity contribution in [2.45, 2.75) is 43.4 Å². The van der Waals surface area contributed by atoms with E-state index in [1.165, 1.54) is 0 Å². The molecule has 0 bridgehead atoms. The third-order valence-corrected chi connectivity index (χ3v) is 6.95. The number of aromatic amines is 1. The highest BCUT2D eigenvalue weighted by molar-refractivity contribution is 8.00. The van der Waals surface area contributed by atoms with Crippen molar-refractivity contribution in [1.29, 1.82) is 0 Å². The lowest BCUT2D eigenvalue weighted by atomic mass is 10.1. The van der Waals surface area contributed by atoms with Gasteiger partial charge < -0.3 is 18.5 Å². The van der Waals surface area contributed by atoms with Gasteiger partial charge in [-0.2, -0.15) is 0 Å². The van der Waals surface area contributed by atoms with E-state index in [0.29, 0.717) is 28.7 Å². The SMILES string of the molecule is [C-]#[N+]CCOP(C)OC1C[C@H](n2cc(C)c(=O)[nH]c2=S)S[C@@H]1CC. The molecule has 0 spiro atoms. The Hall–Kier alpha value is -0.710. The van der Waals surface area contributed by atoms with Crippen LogP contribution in [0.2, 0.25) is 0 Å². The van der Waals surface area contributed by atoms with Crippen molar-refractivity contribution < 1.29 is 9.05 Å². The molecule has 9 heteroatoms. The average Bonchev–Trinajstić information content (AvgIpc) is 2.93. The zero-order valence-electron chi connectivity index (χ0n) is 14.0. The van der Waals surface area contributed by atoms with Crippen LogP contribution in [0.1, 0.15) is 30.7 Å². The first-order valence-electron chi connectivity index (χ1n) is 7.80. The molecule has 1 fully saturated rings. The molecule has 2 heterocycles. The number of H-pyrrole nitrogens is 1. The van der Waals surface area contributed by atoms with Gasteiger partial charge in [0.2, 0.25) is 6.54 Å². The largest absolute Gasteiger partial charge is 0.330 e. The molecule has 24 heavy (non-hydrogen) atoms. The molecule has 0 saturated carbocycles. The van der Waals surface area contributed by atoms with Gasteiger partial charge in [-0.3, -0.25) is 9.78 Å². The van der Waals surface area contributed by atoms with Crippen LogP contribution >= 0.6 is 32.4 Å². The van der Waals surface area contributed by atoms with Crippen LogP contribution in [0.15, 0.2) is 11.0 Å². The van der Waals surface area contributed by atoms with Gasteiger partial charge in [0.15, 0.2) is 13.1 Å². The van der Waals surface area contributed by atoms with Crippen molar-refractivity contribution in [3.8, 4) is 0 Å². The Labute approximate surface area is 152 Å². The molecule has 2 rings (SSSR count). The summed E-state index contributed by atoms with van der Waals surface area (Å²) in [6.07, 6.45) is 3.73. The summed E-state index contributed by atoms with van der Waals surface area (Å²) in [5.74, 6) is 0. The van der Waals surface area contributed by atoms with Crippen LogP contribution in [0, 0.1) is 18.3 Å². The highest BCUT2D eigenvalue weighted by Crippen LogP contribution is 2.49. The molecule has 0 amide bonds. The molecule has 0 aliphatic carbocycles. The number of rotatable bonds is 7. The molecule has 2 unspecified atom stereocenters. The highest BCUT2D eigenvalue weighted by Gasteiger charge is 2.37. The maximum absolute atomic E-state index is 11.7. The number of aromatic nitrogens is 2. The summed E-state index contributed by atoms with van der Waals surface area (Å²) in [7, 11) is -0.992. The van der Waals surface area contributed by atoms with Gasteiger partial charge in [0.25, 0.3) is 5.56 Å². The topological polar surface area (TPSA) is 60.6 Å². The Morgan fingerprint density at radius 2 is 2.38 bits per heavy atom. The molecule has 4 atom stereocenters. The predicted molar refractivity (Wildman–Crippen MR) is 101 cm³/mol. The summed E-state index contributed by atoms with van der Waals surface area (Å²) < 4.78 is 14.1. The van der Waals surface area contributed by atoms with Crippen molar-refractivity contribution in [2.75, 3.05) is 19.8 Å². The quantitative estimate of drug-likeness (QED) is 0.333. The summed E-state index contributed by atoms with van der Waals surface area (Å²) in [6, 6.07) is 0.